The average molecular weight is 374 g/mol. The SMILES string of the molecule is CC.CC(C)c1cnc(C2CC2)s1.Cc1ccc(OC(F)(F)F)nc1. The molecule has 25 heavy (non-hydrogen) atoms. The van der Waals surface area contributed by atoms with Crippen LogP contribution in [0.25, 0.3) is 0 Å². The Morgan fingerprint density at radius 1 is 1.12 bits per heavy atom. The summed E-state index contributed by atoms with van der Waals surface area (Å²) in [6, 6.07) is 2.66. The number of aromatic nitrogens is 2. The van der Waals surface area contributed by atoms with Crippen molar-refractivity contribution in [2.24, 2.45) is 0 Å². The highest BCUT2D eigenvalue weighted by molar-refractivity contribution is 7.11. The van der Waals surface area contributed by atoms with Crippen molar-refractivity contribution in [3.63, 3.8) is 0 Å². The molecule has 2 aromatic heterocycles. The summed E-state index contributed by atoms with van der Waals surface area (Å²) in [5.74, 6) is 1.04. The molecule has 3 nitrogen and oxygen atoms in total. The lowest BCUT2D eigenvalue weighted by Gasteiger charge is -2.06. The molecule has 1 aliphatic rings. The number of rotatable bonds is 3. The number of hydrogen-bond acceptors (Lipinski definition) is 4. The first-order valence-electron chi connectivity index (χ1n) is 8.38. The molecule has 3 rings (SSSR count). The third kappa shape index (κ3) is 8.34. The zero-order chi connectivity index (χ0) is 19.0. The molecule has 0 saturated heterocycles. The minimum absolute atomic E-state index is 0.437. The van der Waals surface area contributed by atoms with E-state index in [0.717, 1.165) is 11.5 Å². The van der Waals surface area contributed by atoms with Crippen LogP contribution in [0.5, 0.6) is 5.88 Å². The van der Waals surface area contributed by atoms with Gasteiger partial charge in [0.05, 0.1) is 5.01 Å². The first kappa shape index (κ1) is 21.4. The summed E-state index contributed by atoms with van der Waals surface area (Å²) in [5.41, 5.74) is 0.782. The Morgan fingerprint density at radius 3 is 2.16 bits per heavy atom. The highest BCUT2D eigenvalue weighted by atomic mass is 32.1. The fourth-order valence-electron chi connectivity index (χ4n) is 1.72. The van der Waals surface area contributed by atoms with Crippen LogP contribution in [0.1, 0.15) is 67.8 Å². The number of pyridine rings is 1. The molecule has 0 N–H and O–H groups in total. The van der Waals surface area contributed by atoms with Crippen LogP contribution < -0.4 is 4.74 Å². The minimum Gasteiger partial charge on any atom is -0.388 e. The largest absolute Gasteiger partial charge is 0.574 e. The molecular formula is C18H25F3N2OS. The average Bonchev–Trinajstić information content (AvgIpc) is 3.28. The summed E-state index contributed by atoms with van der Waals surface area (Å²) in [6.45, 7) is 10.2. The van der Waals surface area contributed by atoms with Gasteiger partial charge in [-0.2, -0.15) is 0 Å². The highest BCUT2D eigenvalue weighted by Crippen LogP contribution is 2.42. The Bertz CT molecular complexity index is 603. The lowest BCUT2D eigenvalue weighted by atomic mass is 10.2. The van der Waals surface area contributed by atoms with Crippen LogP contribution in [-0.4, -0.2) is 16.3 Å². The van der Waals surface area contributed by atoms with E-state index in [0.29, 0.717) is 5.92 Å². The molecule has 2 heterocycles. The van der Waals surface area contributed by atoms with Crippen molar-refractivity contribution in [2.45, 2.75) is 65.7 Å². The predicted octanol–water partition coefficient (Wildman–Crippen LogP) is 6.46. The minimum atomic E-state index is -4.66. The number of halogens is 3. The highest BCUT2D eigenvalue weighted by Gasteiger charge is 2.31. The number of hydrogen-bond donors (Lipinski definition) is 0. The first-order chi connectivity index (χ1) is 11.7. The molecule has 1 fully saturated rings. The normalized spacial score (nSPS) is 13.5. The summed E-state index contributed by atoms with van der Waals surface area (Å²) in [7, 11) is 0. The summed E-state index contributed by atoms with van der Waals surface area (Å²) < 4.78 is 38.3. The number of aryl methyl sites for hydroxylation is 1. The number of alkyl halides is 3. The van der Waals surface area contributed by atoms with Crippen molar-refractivity contribution in [3.8, 4) is 5.88 Å². The topological polar surface area (TPSA) is 35.0 Å². The summed E-state index contributed by atoms with van der Waals surface area (Å²) in [5, 5.41) is 1.37. The fraction of sp³-hybridized carbons (Fsp3) is 0.556. The number of nitrogens with zero attached hydrogens (tertiary/aromatic N) is 2. The van der Waals surface area contributed by atoms with Crippen LogP contribution in [0, 0.1) is 6.92 Å². The molecule has 0 aromatic carbocycles. The number of ether oxygens (including phenoxy) is 1. The van der Waals surface area contributed by atoms with Gasteiger partial charge in [0.15, 0.2) is 0 Å². The van der Waals surface area contributed by atoms with Crippen molar-refractivity contribution < 1.29 is 17.9 Å². The zero-order valence-electron chi connectivity index (χ0n) is 15.2. The molecular weight excluding hydrogens is 349 g/mol. The molecule has 0 amide bonds. The lowest BCUT2D eigenvalue weighted by Crippen LogP contribution is -2.17. The molecule has 1 aliphatic carbocycles. The third-order valence-corrected chi connectivity index (χ3v) is 4.60. The Morgan fingerprint density at radius 2 is 1.76 bits per heavy atom. The van der Waals surface area contributed by atoms with Gasteiger partial charge in [-0.25, -0.2) is 9.97 Å². The maximum absolute atomic E-state index is 11.6. The van der Waals surface area contributed by atoms with Gasteiger partial charge in [-0.15, -0.1) is 24.5 Å². The van der Waals surface area contributed by atoms with E-state index in [2.05, 4.69) is 28.6 Å². The maximum atomic E-state index is 11.6. The van der Waals surface area contributed by atoms with E-state index >= 15 is 0 Å². The van der Waals surface area contributed by atoms with Crippen LogP contribution in [0.15, 0.2) is 24.5 Å². The van der Waals surface area contributed by atoms with Gasteiger partial charge >= 0.3 is 6.36 Å². The Labute approximate surface area is 151 Å². The van der Waals surface area contributed by atoms with E-state index in [-0.39, 0.29) is 0 Å². The predicted molar refractivity (Wildman–Crippen MR) is 95.2 cm³/mol. The summed E-state index contributed by atoms with van der Waals surface area (Å²) >= 11 is 1.90. The molecule has 140 valence electrons. The zero-order valence-corrected chi connectivity index (χ0v) is 16.0. The van der Waals surface area contributed by atoms with Gasteiger partial charge in [-0.3, -0.25) is 0 Å². The van der Waals surface area contributed by atoms with Gasteiger partial charge in [0.25, 0.3) is 0 Å². The van der Waals surface area contributed by atoms with Crippen LogP contribution in [-0.2, 0) is 0 Å². The first-order valence-corrected chi connectivity index (χ1v) is 9.20. The van der Waals surface area contributed by atoms with Gasteiger partial charge in [0.2, 0.25) is 5.88 Å². The second-order valence-corrected chi connectivity index (χ2v) is 6.85. The molecule has 2 aromatic rings. The second kappa shape index (κ2) is 9.75. The lowest BCUT2D eigenvalue weighted by molar-refractivity contribution is -0.276. The maximum Gasteiger partial charge on any atom is 0.574 e. The third-order valence-electron chi connectivity index (χ3n) is 3.14. The monoisotopic (exact) mass is 374 g/mol. The van der Waals surface area contributed by atoms with Crippen LogP contribution in [0.4, 0.5) is 13.2 Å². The Hall–Kier alpha value is -1.63. The van der Waals surface area contributed by atoms with Crippen molar-refractivity contribution in [1.82, 2.24) is 9.97 Å². The Balaban J connectivity index is 0.000000228. The summed E-state index contributed by atoms with van der Waals surface area (Å²) in [4.78, 5) is 9.28. The van der Waals surface area contributed by atoms with Gasteiger partial charge in [0, 0.05) is 29.3 Å². The van der Waals surface area contributed by atoms with Gasteiger partial charge in [-0.05, 0) is 31.2 Å². The van der Waals surface area contributed by atoms with Crippen LogP contribution in [0.2, 0.25) is 0 Å². The fourth-order valence-corrected chi connectivity index (χ4v) is 2.81. The molecule has 0 unspecified atom stereocenters. The second-order valence-electron chi connectivity index (χ2n) is 5.75. The van der Waals surface area contributed by atoms with Crippen molar-refractivity contribution >= 4 is 11.3 Å². The van der Waals surface area contributed by atoms with Crippen molar-refractivity contribution in [2.75, 3.05) is 0 Å². The van der Waals surface area contributed by atoms with Crippen molar-refractivity contribution in [1.29, 1.82) is 0 Å². The molecule has 0 radical (unpaired) electrons. The standard InChI is InChI=1S/C9H13NS.C7H6F3NO.C2H6/c1-6(2)8-5-10-9(11-8)7-3-4-7;1-5-2-3-6(11-4-5)12-7(8,9)10;1-2/h5-7H,3-4H2,1-2H3;2-4H,1H3;1-2H3. The van der Waals surface area contributed by atoms with E-state index in [1.165, 1.54) is 41.1 Å². The number of thiazole rings is 1. The van der Waals surface area contributed by atoms with E-state index in [1.54, 1.807) is 6.92 Å². The summed E-state index contributed by atoms with van der Waals surface area (Å²) in [6.07, 6.45) is 1.42. The molecule has 0 bridgehead atoms. The van der Waals surface area contributed by atoms with Crippen molar-refractivity contribution in [3.05, 3.63) is 40.0 Å². The smallest absolute Gasteiger partial charge is 0.388 e. The molecule has 0 aliphatic heterocycles. The van der Waals surface area contributed by atoms with Crippen LogP contribution >= 0.6 is 11.3 Å². The molecule has 0 spiro atoms. The van der Waals surface area contributed by atoms with Gasteiger partial charge in [0.1, 0.15) is 0 Å². The van der Waals surface area contributed by atoms with E-state index < -0.39 is 12.2 Å². The molecule has 1 saturated carbocycles. The van der Waals surface area contributed by atoms with Gasteiger partial charge in [-0.1, -0.05) is 33.8 Å². The van der Waals surface area contributed by atoms with E-state index in [1.807, 2.05) is 31.4 Å². The Kier molecular flexibility index (Phi) is 8.35. The quantitative estimate of drug-likeness (QED) is 0.618. The van der Waals surface area contributed by atoms with E-state index in [4.69, 9.17) is 0 Å². The molecule has 7 heteroatoms. The van der Waals surface area contributed by atoms with Crippen LogP contribution in [0.3, 0.4) is 0 Å². The van der Waals surface area contributed by atoms with Gasteiger partial charge < -0.3 is 4.74 Å². The molecule has 0 atom stereocenters. The van der Waals surface area contributed by atoms with E-state index in [9.17, 15) is 13.2 Å².